The number of rotatable bonds is 5. The van der Waals surface area contributed by atoms with Gasteiger partial charge in [0.05, 0.1) is 7.11 Å². The summed E-state index contributed by atoms with van der Waals surface area (Å²) in [6, 6.07) is -0.950. The molecule has 0 aliphatic heterocycles. The normalized spacial score (nSPS) is 13.3. The first kappa shape index (κ1) is 20.9. The first-order valence-electron chi connectivity index (χ1n) is 7.31. The van der Waals surface area contributed by atoms with E-state index >= 15 is 0 Å². The highest BCUT2D eigenvalue weighted by molar-refractivity contribution is 5.83. The molecule has 1 amide bonds. The molecule has 7 heteroatoms. The number of hydrogen-bond donors (Lipinski definition) is 1. The Hall–Kier alpha value is -2.05. The van der Waals surface area contributed by atoms with E-state index in [9.17, 15) is 14.4 Å². The molecule has 0 aliphatic rings. The number of amides is 1. The molecule has 0 saturated carbocycles. The molecular formula is C16H27NO6. The Kier molecular flexibility index (Phi) is 7.79. The molecule has 0 aromatic heterocycles. The van der Waals surface area contributed by atoms with Gasteiger partial charge in [0.15, 0.2) is 0 Å². The van der Waals surface area contributed by atoms with Crippen molar-refractivity contribution in [3.8, 4) is 0 Å². The number of nitrogens with one attached hydrogen (secondary N) is 1. The smallest absolute Gasteiger partial charge is 0.408 e. The SMILES string of the molecule is COC(=O)[C@H](C/C=C/C(=O)OC(C)(C)C)NC(=O)OC(C)(C)C. The standard InChI is InChI=1S/C16H27NO6/c1-15(2,3)22-12(18)10-8-9-11(13(19)21-7)17-14(20)23-16(4,5)6/h8,10-11H,9H2,1-7H3,(H,17,20)/b10-8+/t11-/m0/s1. The number of methoxy groups -OCH3 is 1. The maximum atomic E-state index is 11.7. The van der Waals surface area contributed by atoms with Gasteiger partial charge in [0.1, 0.15) is 17.2 Å². The summed E-state index contributed by atoms with van der Waals surface area (Å²) in [6.07, 6.45) is 1.98. The zero-order chi connectivity index (χ0) is 18.3. The van der Waals surface area contributed by atoms with Gasteiger partial charge in [0.2, 0.25) is 0 Å². The highest BCUT2D eigenvalue weighted by Gasteiger charge is 2.24. The zero-order valence-electron chi connectivity index (χ0n) is 14.9. The van der Waals surface area contributed by atoms with Gasteiger partial charge in [0.25, 0.3) is 0 Å². The van der Waals surface area contributed by atoms with Crippen LogP contribution >= 0.6 is 0 Å². The van der Waals surface area contributed by atoms with Crippen molar-refractivity contribution >= 4 is 18.0 Å². The molecule has 0 spiro atoms. The summed E-state index contributed by atoms with van der Waals surface area (Å²) >= 11 is 0. The zero-order valence-corrected chi connectivity index (χ0v) is 14.9. The number of carbonyl (C=O) groups excluding carboxylic acids is 3. The maximum absolute atomic E-state index is 11.7. The van der Waals surface area contributed by atoms with Crippen molar-refractivity contribution in [3.63, 3.8) is 0 Å². The summed E-state index contributed by atoms with van der Waals surface area (Å²) in [5.41, 5.74) is -1.28. The summed E-state index contributed by atoms with van der Waals surface area (Å²) in [6.45, 7) is 10.4. The second-order valence-corrected chi connectivity index (χ2v) is 6.89. The van der Waals surface area contributed by atoms with Gasteiger partial charge in [0, 0.05) is 6.08 Å². The van der Waals surface area contributed by atoms with E-state index in [-0.39, 0.29) is 6.42 Å². The van der Waals surface area contributed by atoms with E-state index in [1.807, 2.05) is 0 Å². The molecule has 1 atom stereocenters. The maximum Gasteiger partial charge on any atom is 0.408 e. The molecule has 1 N–H and O–H groups in total. The van der Waals surface area contributed by atoms with Crippen molar-refractivity contribution in [2.24, 2.45) is 0 Å². The van der Waals surface area contributed by atoms with Crippen LogP contribution in [-0.2, 0) is 23.8 Å². The Balaban J connectivity index is 4.67. The Labute approximate surface area is 137 Å². The van der Waals surface area contributed by atoms with Crippen LogP contribution in [0.25, 0.3) is 0 Å². The minimum Gasteiger partial charge on any atom is -0.467 e. The lowest BCUT2D eigenvalue weighted by Crippen LogP contribution is -2.43. The highest BCUT2D eigenvalue weighted by atomic mass is 16.6. The van der Waals surface area contributed by atoms with Gasteiger partial charge in [-0.2, -0.15) is 0 Å². The average molecular weight is 329 g/mol. The second-order valence-electron chi connectivity index (χ2n) is 6.89. The van der Waals surface area contributed by atoms with Crippen LogP contribution in [0.15, 0.2) is 12.2 Å². The molecule has 0 unspecified atom stereocenters. The number of esters is 2. The van der Waals surface area contributed by atoms with Gasteiger partial charge in [-0.05, 0) is 48.0 Å². The number of hydrogen-bond acceptors (Lipinski definition) is 6. The first-order valence-corrected chi connectivity index (χ1v) is 7.31. The molecule has 0 aromatic carbocycles. The van der Waals surface area contributed by atoms with Crippen molar-refractivity contribution in [1.82, 2.24) is 5.32 Å². The van der Waals surface area contributed by atoms with Gasteiger partial charge in [-0.3, -0.25) is 0 Å². The van der Waals surface area contributed by atoms with Gasteiger partial charge < -0.3 is 19.5 Å². The molecule has 0 rings (SSSR count). The largest absolute Gasteiger partial charge is 0.467 e. The van der Waals surface area contributed by atoms with Crippen LogP contribution in [0.4, 0.5) is 4.79 Å². The van der Waals surface area contributed by atoms with Crippen LogP contribution in [0.5, 0.6) is 0 Å². The summed E-state index contributed by atoms with van der Waals surface area (Å²) in [5.74, 6) is -1.16. The predicted molar refractivity (Wildman–Crippen MR) is 84.8 cm³/mol. The predicted octanol–water partition coefficient (Wildman–Crippen LogP) is 2.34. The molecule has 0 saturated heterocycles. The molecule has 0 heterocycles. The first-order chi connectivity index (χ1) is 10.3. The summed E-state index contributed by atoms with van der Waals surface area (Å²) in [4.78, 5) is 34.9. The third-order valence-corrected chi connectivity index (χ3v) is 2.21. The van der Waals surface area contributed by atoms with Gasteiger partial charge in [-0.1, -0.05) is 6.08 Å². The molecule has 132 valence electrons. The number of carbonyl (C=O) groups is 3. The summed E-state index contributed by atoms with van der Waals surface area (Å²) in [5, 5.41) is 2.41. The lowest BCUT2D eigenvalue weighted by molar-refractivity contribution is -0.148. The Morgan fingerprint density at radius 2 is 1.52 bits per heavy atom. The topological polar surface area (TPSA) is 90.9 Å². The van der Waals surface area contributed by atoms with Crippen LogP contribution in [-0.4, -0.2) is 42.4 Å². The van der Waals surface area contributed by atoms with Crippen LogP contribution in [0.3, 0.4) is 0 Å². The van der Waals surface area contributed by atoms with E-state index in [0.717, 1.165) is 0 Å². The number of ether oxygens (including phenoxy) is 3. The van der Waals surface area contributed by atoms with Crippen LogP contribution < -0.4 is 5.32 Å². The van der Waals surface area contributed by atoms with Crippen molar-refractivity contribution < 1.29 is 28.6 Å². The third kappa shape index (κ3) is 11.2. The fourth-order valence-corrected chi connectivity index (χ4v) is 1.44. The molecule has 0 bridgehead atoms. The Morgan fingerprint density at radius 1 is 1.00 bits per heavy atom. The summed E-state index contributed by atoms with van der Waals surface area (Å²) < 4.78 is 14.8. The lowest BCUT2D eigenvalue weighted by Gasteiger charge is -2.22. The molecule has 0 fully saturated rings. The van der Waals surface area contributed by atoms with Gasteiger partial charge in [-0.15, -0.1) is 0 Å². The van der Waals surface area contributed by atoms with Gasteiger partial charge >= 0.3 is 18.0 Å². The fourth-order valence-electron chi connectivity index (χ4n) is 1.44. The Bertz CT molecular complexity index is 456. The minimum absolute atomic E-state index is 0.0746. The van der Waals surface area contributed by atoms with Crippen molar-refractivity contribution in [1.29, 1.82) is 0 Å². The average Bonchev–Trinajstić information content (AvgIpc) is 2.32. The van der Waals surface area contributed by atoms with E-state index in [1.54, 1.807) is 41.5 Å². The lowest BCUT2D eigenvalue weighted by atomic mass is 10.2. The fraction of sp³-hybridized carbons (Fsp3) is 0.688. The van der Waals surface area contributed by atoms with Crippen LogP contribution in [0, 0.1) is 0 Å². The van der Waals surface area contributed by atoms with Crippen LogP contribution in [0.2, 0.25) is 0 Å². The highest BCUT2D eigenvalue weighted by Crippen LogP contribution is 2.09. The van der Waals surface area contributed by atoms with E-state index in [2.05, 4.69) is 10.1 Å². The molecule has 7 nitrogen and oxygen atoms in total. The van der Waals surface area contributed by atoms with Crippen molar-refractivity contribution in [3.05, 3.63) is 12.2 Å². The number of alkyl carbamates (subject to hydrolysis) is 1. The van der Waals surface area contributed by atoms with E-state index in [0.29, 0.717) is 0 Å². The third-order valence-electron chi connectivity index (χ3n) is 2.21. The molecule has 0 aromatic rings. The monoisotopic (exact) mass is 329 g/mol. The summed E-state index contributed by atoms with van der Waals surface area (Å²) in [7, 11) is 1.21. The molecule has 0 aliphatic carbocycles. The van der Waals surface area contributed by atoms with Gasteiger partial charge in [-0.25, -0.2) is 14.4 Å². The van der Waals surface area contributed by atoms with Crippen molar-refractivity contribution in [2.45, 2.75) is 65.2 Å². The second kappa shape index (κ2) is 8.55. The van der Waals surface area contributed by atoms with E-state index < -0.39 is 35.3 Å². The Morgan fingerprint density at radius 3 is 1.96 bits per heavy atom. The van der Waals surface area contributed by atoms with E-state index in [1.165, 1.54) is 19.3 Å². The van der Waals surface area contributed by atoms with E-state index in [4.69, 9.17) is 9.47 Å². The van der Waals surface area contributed by atoms with Crippen molar-refractivity contribution in [2.75, 3.05) is 7.11 Å². The quantitative estimate of drug-likeness (QED) is 0.473. The molecule has 0 radical (unpaired) electrons. The van der Waals surface area contributed by atoms with Crippen LogP contribution in [0.1, 0.15) is 48.0 Å². The minimum atomic E-state index is -0.950. The molecule has 23 heavy (non-hydrogen) atoms. The molecular weight excluding hydrogens is 302 g/mol.